The molecule has 0 saturated heterocycles. The second-order valence-electron chi connectivity index (χ2n) is 3.51. The first-order valence-electron chi connectivity index (χ1n) is 4.97. The van der Waals surface area contributed by atoms with Gasteiger partial charge in [0, 0.05) is 17.8 Å². The van der Waals surface area contributed by atoms with E-state index in [1.165, 1.54) is 0 Å². The number of fused-ring (bicyclic) bond motifs is 1. The van der Waals surface area contributed by atoms with Gasteiger partial charge in [-0.1, -0.05) is 24.3 Å². The van der Waals surface area contributed by atoms with Gasteiger partial charge >= 0.3 is 0 Å². The minimum atomic E-state index is 0.761. The lowest BCUT2D eigenvalue weighted by atomic mass is 10.1. The molecule has 0 aliphatic heterocycles. The Labute approximate surface area is 94.0 Å². The minimum Gasteiger partial charge on any atom is -0.289 e. The van der Waals surface area contributed by atoms with Crippen LogP contribution in [0.15, 0.2) is 36.4 Å². The van der Waals surface area contributed by atoms with Gasteiger partial charge in [0.25, 0.3) is 0 Å². The van der Waals surface area contributed by atoms with Gasteiger partial charge in [0.2, 0.25) is 0 Å². The molecule has 4 heteroatoms. The molecule has 16 heavy (non-hydrogen) atoms. The number of rotatable bonds is 3. The predicted molar refractivity (Wildman–Crippen MR) is 64.8 cm³/mol. The van der Waals surface area contributed by atoms with Crippen LogP contribution in [0.5, 0.6) is 0 Å². The van der Waals surface area contributed by atoms with Crippen LogP contribution in [-0.4, -0.2) is 19.4 Å². The number of hydroxylamine groups is 1. The molecule has 2 rings (SSSR count). The van der Waals surface area contributed by atoms with Crippen molar-refractivity contribution in [1.82, 2.24) is 0 Å². The van der Waals surface area contributed by atoms with Crippen LogP contribution < -0.4 is 10.5 Å². The smallest absolute Gasteiger partial charge is 0.0709 e. The standard InChI is InChI=1S/C12H14N2O2/c1-14(15)12-8-4-5-9-10(12)6-3-7-11(9)13-16-2/h3-8,13,15H,1-2H3. The second kappa shape index (κ2) is 4.38. The van der Waals surface area contributed by atoms with Crippen LogP contribution in [0.3, 0.4) is 0 Å². The molecule has 0 radical (unpaired) electrons. The summed E-state index contributed by atoms with van der Waals surface area (Å²) in [6.45, 7) is 0. The molecule has 0 fully saturated rings. The summed E-state index contributed by atoms with van der Waals surface area (Å²) in [4.78, 5) is 4.91. The summed E-state index contributed by atoms with van der Waals surface area (Å²) < 4.78 is 0. The Bertz CT molecular complexity index is 497. The monoisotopic (exact) mass is 218 g/mol. The van der Waals surface area contributed by atoms with Crippen molar-refractivity contribution in [3.05, 3.63) is 36.4 Å². The topological polar surface area (TPSA) is 44.7 Å². The Morgan fingerprint density at radius 3 is 2.50 bits per heavy atom. The molecule has 0 bridgehead atoms. The van der Waals surface area contributed by atoms with Gasteiger partial charge in [-0.15, -0.1) is 0 Å². The molecule has 0 aromatic heterocycles. The van der Waals surface area contributed by atoms with E-state index in [1.807, 2.05) is 36.4 Å². The molecular formula is C12H14N2O2. The third-order valence-electron chi connectivity index (χ3n) is 2.46. The van der Waals surface area contributed by atoms with Crippen molar-refractivity contribution in [3.8, 4) is 0 Å². The molecule has 0 unspecified atom stereocenters. The Morgan fingerprint density at radius 2 is 1.81 bits per heavy atom. The molecule has 0 saturated carbocycles. The lowest BCUT2D eigenvalue weighted by Gasteiger charge is -2.15. The Kier molecular flexibility index (Phi) is 2.94. The number of benzene rings is 2. The van der Waals surface area contributed by atoms with E-state index in [-0.39, 0.29) is 0 Å². The highest BCUT2D eigenvalue weighted by molar-refractivity contribution is 6.01. The van der Waals surface area contributed by atoms with Gasteiger partial charge in [-0.05, 0) is 12.1 Å². The first kappa shape index (κ1) is 10.7. The SMILES string of the molecule is CONc1cccc2c(N(C)O)cccc12. The minimum absolute atomic E-state index is 0.761. The first-order chi connectivity index (χ1) is 7.74. The highest BCUT2D eigenvalue weighted by Gasteiger charge is 2.06. The summed E-state index contributed by atoms with van der Waals surface area (Å²) in [6, 6.07) is 11.5. The fraction of sp³-hybridized carbons (Fsp3) is 0.167. The molecule has 2 aromatic rings. The van der Waals surface area contributed by atoms with Gasteiger partial charge in [0.15, 0.2) is 0 Å². The van der Waals surface area contributed by atoms with Crippen molar-refractivity contribution in [3.63, 3.8) is 0 Å². The zero-order valence-corrected chi connectivity index (χ0v) is 9.27. The van der Waals surface area contributed by atoms with Crippen molar-refractivity contribution in [1.29, 1.82) is 0 Å². The molecule has 0 atom stereocenters. The highest BCUT2D eigenvalue weighted by atomic mass is 16.6. The summed E-state index contributed by atoms with van der Waals surface area (Å²) in [6.07, 6.45) is 0. The van der Waals surface area contributed by atoms with Crippen LogP contribution in [-0.2, 0) is 4.84 Å². The molecule has 84 valence electrons. The van der Waals surface area contributed by atoms with Crippen LogP contribution in [0.25, 0.3) is 10.8 Å². The van der Waals surface area contributed by atoms with Crippen molar-refractivity contribution in [2.45, 2.75) is 0 Å². The average Bonchev–Trinajstić information content (AvgIpc) is 2.29. The quantitative estimate of drug-likeness (QED) is 0.777. The largest absolute Gasteiger partial charge is 0.289 e. The van der Waals surface area contributed by atoms with E-state index in [9.17, 15) is 5.21 Å². The van der Waals surface area contributed by atoms with Gasteiger partial charge in [0.05, 0.1) is 18.5 Å². The van der Waals surface area contributed by atoms with Crippen LogP contribution in [0.1, 0.15) is 0 Å². The number of anilines is 2. The lowest BCUT2D eigenvalue weighted by Crippen LogP contribution is -2.10. The van der Waals surface area contributed by atoms with Crippen molar-refractivity contribution >= 4 is 22.1 Å². The van der Waals surface area contributed by atoms with Crippen molar-refractivity contribution in [2.75, 3.05) is 24.7 Å². The van der Waals surface area contributed by atoms with Crippen LogP contribution >= 0.6 is 0 Å². The lowest BCUT2D eigenvalue weighted by molar-refractivity contribution is 0.271. The third kappa shape index (κ3) is 1.80. The number of nitrogens with one attached hydrogen (secondary N) is 1. The Morgan fingerprint density at radius 1 is 1.12 bits per heavy atom. The summed E-state index contributed by atoms with van der Waals surface area (Å²) >= 11 is 0. The summed E-state index contributed by atoms with van der Waals surface area (Å²) in [5, 5.41) is 12.6. The van der Waals surface area contributed by atoms with E-state index < -0.39 is 0 Å². The van der Waals surface area contributed by atoms with Crippen LogP contribution in [0.2, 0.25) is 0 Å². The van der Waals surface area contributed by atoms with E-state index in [0.717, 1.165) is 27.2 Å². The molecule has 0 amide bonds. The number of nitrogens with zero attached hydrogens (tertiary/aromatic N) is 1. The molecular weight excluding hydrogens is 204 g/mol. The van der Waals surface area contributed by atoms with Crippen LogP contribution in [0.4, 0.5) is 11.4 Å². The highest BCUT2D eigenvalue weighted by Crippen LogP contribution is 2.30. The normalized spacial score (nSPS) is 10.4. The average molecular weight is 218 g/mol. The Balaban J connectivity index is 2.66. The van der Waals surface area contributed by atoms with Crippen LogP contribution in [0, 0.1) is 0 Å². The zero-order chi connectivity index (χ0) is 11.5. The fourth-order valence-corrected chi connectivity index (χ4v) is 1.77. The number of hydrogen-bond donors (Lipinski definition) is 2. The maximum atomic E-state index is 9.52. The fourth-order valence-electron chi connectivity index (χ4n) is 1.77. The predicted octanol–water partition coefficient (Wildman–Crippen LogP) is 2.64. The number of hydrogen-bond acceptors (Lipinski definition) is 4. The first-order valence-corrected chi connectivity index (χ1v) is 4.97. The van der Waals surface area contributed by atoms with Gasteiger partial charge < -0.3 is 0 Å². The summed E-state index contributed by atoms with van der Waals surface area (Å²) in [5.74, 6) is 0. The molecule has 0 heterocycles. The van der Waals surface area contributed by atoms with E-state index in [1.54, 1.807) is 14.2 Å². The second-order valence-corrected chi connectivity index (χ2v) is 3.51. The molecule has 4 nitrogen and oxygen atoms in total. The molecule has 2 N–H and O–H groups in total. The molecule has 0 aliphatic carbocycles. The van der Waals surface area contributed by atoms with Gasteiger partial charge in [-0.25, -0.2) is 0 Å². The van der Waals surface area contributed by atoms with Gasteiger partial charge in [0.1, 0.15) is 0 Å². The van der Waals surface area contributed by atoms with Crippen molar-refractivity contribution in [2.24, 2.45) is 0 Å². The van der Waals surface area contributed by atoms with E-state index >= 15 is 0 Å². The zero-order valence-electron chi connectivity index (χ0n) is 9.27. The third-order valence-corrected chi connectivity index (χ3v) is 2.46. The van der Waals surface area contributed by atoms with E-state index in [2.05, 4.69) is 5.48 Å². The maximum absolute atomic E-state index is 9.52. The maximum Gasteiger partial charge on any atom is 0.0709 e. The van der Waals surface area contributed by atoms with E-state index in [0.29, 0.717) is 0 Å². The molecule has 0 aliphatic rings. The molecule has 0 spiro atoms. The Hall–Kier alpha value is -1.78. The van der Waals surface area contributed by atoms with Gasteiger partial charge in [-0.3, -0.25) is 20.6 Å². The molecule has 2 aromatic carbocycles. The summed E-state index contributed by atoms with van der Waals surface area (Å²) in [7, 11) is 3.17. The van der Waals surface area contributed by atoms with Crippen molar-refractivity contribution < 1.29 is 10.0 Å². The van der Waals surface area contributed by atoms with E-state index in [4.69, 9.17) is 4.84 Å². The summed E-state index contributed by atoms with van der Waals surface area (Å²) in [5.41, 5.74) is 4.46. The van der Waals surface area contributed by atoms with Gasteiger partial charge in [-0.2, -0.15) is 0 Å².